The maximum atomic E-state index is 13.3. The lowest BCUT2D eigenvalue weighted by Crippen LogP contribution is -2.41. The molecule has 0 radical (unpaired) electrons. The predicted molar refractivity (Wildman–Crippen MR) is 104 cm³/mol. The summed E-state index contributed by atoms with van der Waals surface area (Å²) < 4.78 is 0. The van der Waals surface area contributed by atoms with Crippen LogP contribution in [0.2, 0.25) is 0 Å². The molecule has 1 saturated heterocycles. The van der Waals surface area contributed by atoms with Gasteiger partial charge in [-0.1, -0.05) is 12.8 Å². The van der Waals surface area contributed by atoms with Gasteiger partial charge in [-0.05, 0) is 43.9 Å². The molecule has 2 aliphatic heterocycles. The van der Waals surface area contributed by atoms with Crippen molar-refractivity contribution < 1.29 is 9.59 Å². The molecule has 3 unspecified atom stereocenters. The van der Waals surface area contributed by atoms with Crippen LogP contribution in [0.5, 0.6) is 0 Å². The van der Waals surface area contributed by atoms with Gasteiger partial charge in [0, 0.05) is 50.7 Å². The van der Waals surface area contributed by atoms with Gasteiger partial charge in [0.15, 0.2) is 5.82 Å². The van der Waals surface area contributed by atoms with Crippen LogP contribution < -0.4 is 0 Å². The van der Waals surface area contributed by atoms with E-state index in [0.717, 1.165) is 55.9 Å². The number of piperidine rings is 1. The largest absolute Gasteiger partial charge is 0.338 e. The Labute approximate surface area is 166 Å². The number of rotatable bonds is 2. The number of nitrogens with zero attached hydrogens (tertiary/aromatic N) is 4. The summed E-state index contributed by atoms with van der Waals surface area (Å²) in [6.45, 7) is 3.78. The minimum atomic E-state index is 0.0278. The molecule has 0 N–H and O–H groups in total. The zero-order valence-corrected chi connectivity index (χ0v) is 16.8. The van der Waals surface area contributed by atoms with Crippen molar-refractivity contribution in [1.82, 2.24) is 19.8 Å². The van der Waals surface area contributed by atoms with Gasteiger partial charge < -0.3 is 9.80 Å². The van der Waals surface area contributed by atoms with Crippen LogP contribution in [0.4, 0.5) is 0 Å². The SMILES string of the molecule is CC(=O)N1CCc2nc(C3CCCCN3C(=O)C3C4CCCCC43)ncc2C1. The molecular weight excluding hydrogens is 352 g/mol. The topological polar surface area (TPSA) is 66.4 Å². The summed E-state index contributed by atoms with van der Waals surface area (Å²) in [5.74, 6) is 2.84. The molecular formula is C22H30N4O2. The van der Waals surface area contributed by atoms with Crippen LogP contribution >= 0.6 is 0 Å². The van der Waals surface area contributed by atoms with Crippen molar-refractivity contribution in [3.05, 3.63) is 23.3 Å². The molecule has 6 heteroatoms. The van der Waals surface area contributed by atoms with Gasteiger partial charge in [0.2, 0.25) is 11.8 Å². The van der Waals surface area contributed by atoms with E-state index < -0.39 is 0 Å². The van der Waals surface area contributed by atoms with E-state index in [0.29, 0.717) is 24.3 Å². The third-order valence-electron chi connectivity index (χ3n) is 7.42. The zero-order chi connectivity index (χ0) is 19.3. The molecule has 0 spiro atoms. The number of hydrogen-bond donors (Lipinski definition) is 0. The third-order valence-corrected chi connectivity index (χ3v) is 7.42. The van der Waals surface area contributed by atoms with Crippen molar-refractivity contribution in [2.24, 2.45) is 17.8 Å². The Morgan fingerprint density at radius 3 is 2.54 bits per heavy atom. The summed E-state index contributed by atoms with van der Waals surface area (Å²) in [6.07, 6.45) is 10.9. The minimum Gasteiger partial charge on any atom is -0.338 e. The molecule has 0 aromatic carbocycles. The molecule has 28 heavy (non-hydrogen) atoms. The van der Waals surface area contributed by atoms with Gasteiger partial charge in [0.25, 0.3) is 0 Å². The van der Waals surface area contributed by atoms with Crippen LogP contribution in [0.1, 0.15) is 75.0 Å². The molecule has 0 bridgehead atoms. The number of likely N-dealkylation sites (tertiary alicyclic amines) is 1. The lowest BCUT2D eigenvalue weighted by molar-refractivity contribution is -0.137. The lowest BCUT2D eigenvalue weighted by atomic mass is 9.99. The van der Waals surface area contributed by atoms with Crippen molar-refractivity contribution in [3.63, 3.8) is 0 Å². The molecule has 1 aromatic rings. The molecule has 6 nitrogen and oxygen atoms in total. The van der Waals surface area contributed by atoms with E-state index in [-0.39, 0.29) is 17.9 Å². The first kappa shape index (κ1) is 18.1. The van der Waals surface area contributed by atoms with E-state index in [4.69, 9.17) is 4.98 Å². The zero-order valence-electron chi connectivity index (χ0n) is 16.8. The summed E-state index contributed by atoms with van der Waals surface area (Å²) >= 11 is 0. The predicted octanol–water partition coefficient (Wildman–Crippen LogP) is 2.87. The molecule has 150 valence electrons. The fraction of sp³-hybridized carbons (Fsp3) is 0.727. The molecule has 2 aliphatic carbocycles. The van der Waals surface area contributed by atoms with E-state index >= 15 is 0 Å². The molecule has 3 fully saturated rings. The van der Waals surface area contributed by atoms with E-state index in [2.05, 4.69) is 9.88 Å². The highest BCUT2D eigenvalue weighted by atomic mass is 16.2. The maximum Gasteiger partial charge on any atom is 0.226 e. The average Bonchev–Trinajstić information content (AvgIpc) is 3.47. The molecule has 3 atom stereocenters. The standard InChI is InChI=1S/C22H30N4O2/c1-14(27)25-11-9-18-15(13-25)12-23-21(24-18)19-8-4-5-10-26(19)22(28)20-16-6-2-3-7-17(16)20/h12,16-17,19-20H,2-11,13H2,1H3. The van der Waals surface area contributed by atoms with Crippen molar-refractivity contribution >= 4 is 11.8 Å². The number of aromatic nitrogens is 2. The third kappa shape index (κ3) is 3.11. The Kier molecular flexibility index (Phi) is 4.60. The average molecular weight is 383 g/mol. The first-order valence-electron chi connectivity index (χ1n) is 11.0. The van der Waals surface area contributed by atoms with Crippen LogP contribution in [0.3, 0.4) is 0 Å². The van der Waals surface area contributed by atoms with Crippen molar-refractivity contribution in [2.45, 2.75) is 70.9 Å². The maximum absolute atomic E-state index is 13.3. The van der Waals surface area contributed by atoms with Gasteiger partial charge in [0.1, 0.15) is 0 Å². The van der Waals surface area contributed by atoms with Crippen LogP contribution in [0.15, 0.2) is 6.20 Å². The number of amides is 2. The molecule has 2 amide bonds. The summed E-state index contributed by atoms with van der Waals surface area (Å²) in [4.78, 5) is 38.5. The second kappa shape index (κ2) is 7.12. The van der Waals surface area contributed by atoms with E-state index in [1.54, 1.807) is 6.92 Å². The monoisotopic (exact) mass is 382 g/mol. The van der Waals surface area contributed by atoms with Gasteiger partial charge >= 0.3 is 0 Å². The van der Waals surface area contributed by atoms with Gasteiger partial charge in [-0.15, -0.1) is 0 Å². The Bertz CT molecular complexity index is 783. The van der Waals surface area contributed by atoms with E-state index in [1.807, 2.05) is 11.1 Å². The second-order valence-corrected chi connectivity index (χ2v) is 9.07. The van der Waals surface area contributed by atoms with Crippen LogP contribution in [-0.2, 0) is 22.6 Å². The highest BCUT2D eigenvalue weighted by molar-refractivity contribution is 5.83. The minimum absolute atomic E-state index is 0.0278. The quantitative estimate of drug-likeness (QED) is 0.789. The summed E-state index contributed by atoms with van der Waals surface area (Å²) in [5, 5.41) is 0. The first-order chi connectivity index (χ1) is 13.6. The smallest absolute Gasteiger partial charge is 0.226 e. The van der Waals surface area contributed by atoms with Crippen molar-refractivity contribution in [1.29, 1.82) is 0 Å². The van der Waals surface area contributed by atoms with Crippen LogP contribution in [0.25, 0.3) is 0 Å². The van der Waals surface area contributed by atoms with Gasteiger partial charge in [0.05, 0.1) is 11.7 Å². The van der Waals surface area contributed by atoms with Gasteiger partial charge in [-0.25, -0.2) is 9.97 Å². The molecule has 4 aliphatic rings. The number of carbonyl (C=O) groups is 2. The second-order valence-electron chi connectivity index (χ2n) is 9.07. The van der Waals surface area contributed by atoms with E-state index in [1.165, 1.54) is 25.7 Å². The molecule has 5 rings (SSSR count). The Morgan fingerprint density at radius 1 is 1.04 bits per heavy atom. The summed E-state index contributed by atoms with van der Waals surface area (Å²) in [7, 11) is 0. The van der Waals surface area contributed by atoms with E-state index in [9.17, 15) is 9.59 Å². The number of carbonyl (C=O) groups excluding carboxylic acids is 2. The normalized spacial score (nSPS) is 31.8. The Hall–Kier alpha value is -1.98. The fourth-order valence-corrected chi connectivity index (χ4v) is 5.77. The number of fused-ring (bicyclic) bond motifs is 2. The molecule has 1 aromatic heterocycles. The van der Waals surface area contributed by atoms with Crippen molar-refractivity contribution in [2.75, 3.05) is 13.1 Å². The van der Waals surface area contributed by atoms with Crippen LogP contribution in [0, 0.1) is 17.8 Å². The van der Waals surface area contributed by atoms with Gasteiger partial charge in [-0.3, -0.25) is 9.59 Å². The summed E-state index contributed by atoms with van der Waals surface area (Å²) in [6, 6.07) is 0.0278. The Balaban J connectivity index is 1.35. The highest BCUT2D eigenvalue weighted by Crippen LogP contribution is 2.56. The highest BCUT2D eigenvalue weighted by Gasteiger charge is 2.56. The lowest BCUT2D eigenvalue weighted by Gasteiger charge is -2.36. The Morgan fingerprint density at radius 2 is 1.79 bits per heavy atom. The van der Waals surface area contributed by atoms with Crippen molar-refractivity contribution in [3.8, 4) is 0 Å². The molecule has 2 saturated carbocycles. The summed E-state index contributed by atoms with van der Waals surface area (Å²) in [5.41, 5.74) is 2.10. The first-order valence-corrected chi connectivity index (χ1v) is 11.0. The molecule has 3 heterocycles. The van der Waals surface area contributed by atoms with Crippen LogP contribution in [-0.4, -0.2) is 44.7 Å². The fourth-order valence-electron chi connectivity index (χ4n) is 5.77. The van der Waals surface area contributed by atoms with Gasteiger partial charge in [-0.2, -0.15) is 0 Å². The number of hydrogen-bond acceptors (Lipinski definition) is 4.